The molecule has 172 valence electrons. The first-order chi connectivity index (χ1) is 16.5. The van der Waals surface area contributed by atoms with Crippen LogP contribution in [0, 0.1) is 0 Å². The van der Waals surface area contributed by atoms with Gasteiger partial charge in [-0.2, -0.15) is 0 Å². The van der Waals surface area contributed by atoms with Crippen molar-refractivity contribution < 1.29 is 23.9 Å². The summed E-state index contributed by atoms with van der Waals surface area (Å²) in [6.45, 7) is 0.779. The zero-order valence-electron chi connectivity index (χ0n) is 18.7. The van der Waals surface area contributed by atoms with Crippen molar-refractivity contribution in [1.29, 1.82) is 0 Å². The number of rotatable bonds is 6. The summed E-state index contributed by atoms with van der Waals surface area (Å²) < 4.78 is 10.8. The van der Waals surface area contributed by atoms with Crippen LogP contribution in [0.3, 0.4) is 0 Å². The van der Waals surface area contributed by atoms with Crippen LogP contribution in [0.2, 0.25) is 0 Å². The van der Waals surface area contributed by atoms with Crippen molar-refractivity contribution in [3.05, 3.63) is 94.5 Å². The molecule has 0 bridgehead atoms. The lowest BCUT2D eigenvalue weighted by molar-refractivity contribution is 0.0656. The molecular formula is C27H24N2O5. The number of hydrogen-bond acceptors (Lipinski definition) is 5. The molecule has 0 spiro atoms. The lowest BCUT2D eigenvalue weighted by atomic mass is 9.99. The maximum Gasteiger partial charge on any atom is 0.261 e. The summed E-state index contributed by atoms with van der Waals surface area (Å²) in [5.41, 5.74) is 2.86. The quantitative estimate of drug-likeness (QED) is 0.571. The molecule has 3 amide bonds. The summed E-state index contributed by atoms with van der Waals surface area (Å²) in [6, 6.07) is 19.6. The lowest BCUT2D eigenvalue weighted by Crippen LogP contribution is -2.32. The van der Waals surface area contributed by atoms with E-state index in [9.17, 15) is 14.4 Å². The first kappa shape index (κ1) is 21.7. The molecule has 5 rings (SSSR count). The van der Waals surface area contributed by atoms with Crippen molar-refractivity contribution in [3.8, 4) is 11.5 Å². The molecule has 34 heavy (non-hydrogen) atoms. The van der Waals surface area contributed by atoms with Gasteiger partial charge in [0, 0.05) is 24.1 Å². The maximum atomic E-state index is 13.0. The third-order valence-electron chi connectivity index (χ3n) is 6.28. The Bertz CT molecular complexity index is 1270. The van der Waals surface area contributed by atoms with E-state index in [4.69, 9.17) is 9.47 Å². The molecule has 0 saturated carbocycles. The Morgan fingerprint density at radius 3 is 2.59 bits per heavy atom. The van der Waals surface area contributed by atoms with Gasteiger partial charge in [-0.15, -0.1) is 0 Å². The number of methoxy groups -OCH3 is 1. The number of imide groups is 1. The average Bonchev–Trinajstić information content (AvgIpc) is 3.12. The topological polar surface area (TPSA) is 84.9 Å². The molecule has 2 heterocycles. The summed E-state index contributed by atoms with van der Waals surface area (Å²) in [5, 5.41) is 3.04. The Morgan fingerprint density at radius 1 is 1.03 bits per heavy atom. The zero-order valence-corrected chi connectivity index (χ0v) is 18.7. The second kappa shape index (κ2) is 9.02. The van der Waals surface area contributed by atoms with Crippen LogP contribution in [0.25, 0.3) is 0 Å². The summed E-state index contributed by atoms with van der Waals surface area (Å²) in [6.07, 6.45) is 1.19. The van der Waals surface area contributed by atoms with Gasteiger partial charge in [0.05, 0.1) is 30.9 Å². The Labute approximate surface area is 197 Å². The van der Waals surface area contributed by atoms with Gasteiger partial charge in [-0.3, -0.25) is 19.3 Å². The molecule has 0 aliphatic carbocycles. The molecule has 0 aromatic heterocycles. The molecule has 1 atom stereocenters. The van der Waals surface area contributed by atoms with Crippen LogP contribution in [0.1, 0.15) is 54.7 Å². The van der Waals surface area contributed by atoms with Crippen molar-refractivity contribution in [3.63, 3.8) is 0 Å². The van der Waals surface area contributed by atoms with E-state index >= 15 is 0 Å². The number of fused-ring (bicyclic) bond motifs is 2. The summed E-state index contributed by atoms with van der Waals surface area (Å²) in [5.74, 6) is 0.514. The van der Waals surface area contributed by atoms with Crippen LogP contribution < -0.4 is 14.8 Å². The van der Waals surface area contributed by atoms with E-state index in [1.54, 1.807) is 19.2 Å². The van der Waals surface area contributed by atoms with Gasteiger partial charge in [0.1, 0.15) is 11.5 Å². The van der Waals surface area contributed by atoms with E-state index in [0.717, 1.165) is 22.6 Å². The van der Waals surface area contributed by atoms with Crippen LogP contribution in [-0.4, -0.2) is 42.9 Å². The molecule has 1 unspecified atom stereocenters. The predicted molar refractivity (Wildman–Crippen MR) is 125 cm³/mol. The van der Waals surface area contributed by atoms with Crippen LogP contribution in [-0.2, 0) is 6.42 Å². The minimum atomic E-state index is -0.375. The second-order valence-corrected chi connectivity index (χ2v) is 8.32. The zero-order chi connectivity index (χ0) is 23.7. The highest BCUT2D eigenvalue weighted by Crippen LogP contribution is 2.32. The fourth-order valence-electron chi connectivity index (χ4n) is 4.40. The summed E-state index contributed by atoms with van der Waals surface area (Å²) >= 11 is 0. The second-order valence-electron chi connectivity index (χ2n) is 8.32. The number of amides is 3. The lowest BCUT2D eigenvalue weighted by Gasteiger charge is -2.26. The van der Waals surface area contributed by atoms with Crippen molar-refractivity contribution >= 4 is 17.7 Å². The molecule has 1 N–H and O–H groups in total. The molecule has 7 nitrogen and oxygen atoms in total. The van der Waals surface area contributed by atoms with Crippen molar-refractivity contribution in [2.24, 2.45) is 0 Å². The van der Waals surface area contributed by atoms with E-state index in [1.165, 1.54) is 11.0 Å². The molecular weight excluding hydrogens is 432 g/mol. The van der Waals surface area contributed by atoms with Crippen molar-refractivity contribution in [1.82, 2.24) is 10.2 Å². The Morgan fingerprint density at radius 2 is 1.79 bits per heavy atom. The van der Waals surface area contributed by atoms with Gasteiger partial charge in [0.2, 0.25) is 0 Å². The fraction of sp³-hybridized carbons (Fsp3) is 0.222. The highest BCUT2D eigenvalue weighted by atomic mass is 16.5. The van der Waals surface area contributed by atoms with Gasteiger partial charge in [-0.05, 0) is 48.4 Å². The molecule has 3 aromatic rings. The molecule has 7 heteroatoms. The number of hydrogen-bond donors (Lipinski definition) is 1. The van der Waals surface area contributed by atoms with Gasteiger partial charge in [0.15, 0.2) is 0 Å². The van der Waals surface area contributed by atoms with Crippen molar-refractivity contribution in [2.45, 2.75) is 18.9 Å². The Kier molecular flexibility index (Phi) is 5.76. The monoisotopic (exact) mass is 456 g/mol. The smallest absolute Gasteiger partial charge is 0.261 e. The standard InChI is InChI=1S/C27H24N2O5/c1-33-19-9-6-17(7-10-19)12-14-29-26(31)20-11-8-18(16-22(20)27(29)32)25(30)28-23-13-15-34-24-5-3-2-4-21(23)24/h2-11,16,23H,12-15H2,1H3,(H,28,30). The largest absolute Gasteiger partial charge is 0.497 e. The predicted octanol–water partition coefficient (Wildman–Crippen LogP) is 3.79. The van der Waals surface area contributed by atoms with Crippen LogP contribution in [0.4, 0.5) is 0 Å². The van der Waals surface area contributed by atoms with Gasteiger partial charge < -0.3 is 14.8 Å². The number of para-hydroxylation sites is 1. The van der Waals surface area contributed by atoms with Crippen molar-refractivity contribution in [2.75, 3.05) is 20.3 Å². The maximum absolute atomic E-state index is 13.0. The van der Waals surface area contributed by atoms with Gasteiger partial charge in [-0.1, -0.05) is 30.3 Å². The summed E-state index contributed by atoms with van der Waals surface area (Å²) in [7, 11) is 1.60. The van der Waals surface area contributed by atoms with Crippen LogP contribution in [0.5, 0.6) is 11.5 Å². The van der Waals surface area contributed by atoms with Crippen LogP contribution >= 0.6 is 0 Å². The molecule has 0 saturated heterocycles. The summed E-state index contributed by atoms with van der Waals surface area (Å²) in [4.78, 5) is 40.1. The molecule has 2 aliphatic rings. The average molecular weight is 456 g/mol. The molecule has 3 aromatic carbocycles. The number of carbonyl (C=O) groups is 3. The van der Waals surface area contributed by atoms with Gasteiger partial charge >= 0.3 is 0 Å². The minimum Gasteiger partial charge on any atom is -0.497 e. The Hall–Kier alpha value is -4.13. The number of benzene rings is 3. The molecule has 0 radical (unpaired) electrons. The third kappa shape index (κ3) is 4.01. The highest BCUT2D eigenvalue weighted by Gasteiger charge is 2.36. The minimum absolute atomic E-state index is 0.177. The van der Waals surface area contributed by atoms with Gasteiger partial charge in [0.25, 0.3) is 17.7 Å². The van der Waals surface area contributed by atoms with E-state index in [1.807, 2.05) is 48.5 Å². The number of ether oxygens (including phenoxy) is 2. The number of nitrogens with one attached hydrogen (secondary N) is 1. The third-order valence-corrected chi connectivity index (χ3v) is 6.28. The number of carbonyl (C=O) groups excluding carboxylic acids is 3. The van der Waals surface area contributed by atoms with Gasteiger partial charge in [-0.25, -0.2) is 0 Å². The first-order valence-electron chi connectivity index (χ1n) is 11.2. The highest BCUT2D eigenvalue weighted by molar-refractivity contribution is 6.22. The molecule has 0 fully saturated rings. The van der Waals surface area contributed by atoms with Crippen LogP contribution in [0.15, 0.2) is 66.7 Å². The van der Waals surface area contributed by atoms with E-state index < -0.39 is 0 Å². The van der Waals surface area contributed by atoms with E-state index in [2.05, 4.69) is 5.32 Å². The first-order valence-corrected chi connectivity index (χ1v) is 11.2. The van der Waals surface area contributed by atoms with E-state index in [0.29, 0.717) is 30.6 Å². The SMILES string of the molecule is COc1ccc(CCN2C(=O)c3ccc(C(=O)NC4CCOc5ccccc54)cc3C2=O)cc1. The molecule has 2 aliphatic heterocycles. The fourth-order valence-corrected chi connectivity index (χ4v) is 4.40. The normalized spacial score (nSPS) is 16.5. The Balaban J connectivity index is 1.29. The number of nitrogens with zero attached hydrogens (tertiary/aromatic N) is 1. The van der Waals surface area contributed by atoms with E-state index in [-0.39, 0.29) is 35.9 Å².